The highest BCUT2D eigenvalue weighted by molar-refractivity contribution is 4.81. The van der Waals surface area contributed by atoms with Gasteiger partial charge in [0.25, 0.3) is 0 Å². The highest BCUT2D eigenvalue weighted by Crippen LogP contribution is 2.39. The Morgan fingerprint density at radius 1 is 1.06 bits per heavy atom. The Morgan fingerprint density at radius 2 is 1.69 bits per heavy atom. The van der Waals surface area contributed by atoms with Crippen molar-refractivity contribution in [3.63, 3.8) is 0 Å². The summed E-state index contributed by atoms with van der Waals surface area (Å²) < 4.78 is 0. The van der Waals surface area contributed by atoms with Crippen LogP contribution in [0.5, 0.6) is 0 Å². The monoisotopic (exact) mass is 225 g/mol. The maximum atomic E-state index is 3.61. The molecule has 96 valence electrons. The first-order valence-corrected chi connectivity index (χ1v) is 7.24. The second-order valence-corrected chi connectivity index (χ2v) is 6.64. The van der Waals surface area contributed by atoms with Gasteiger partial charge in [-0.3, -0.25) is 0 Å². The van der Waals surface area contributed by atoms with Crippen LogP contribution in [0.2, 0.25) is 0 Å². The molecule has 0 atom stereocenters. The molecule has 0 heterocycles. The third kappa shape index (κ3) is 4.86. The van der Waals surface area contributed by atoms with Crippen molar-refractivity contribution in [2.75, 3.05) is 13.1 Å². The summed E-state index contributed by atoms with van der Waals surface area (Å²) in [6, 6.07) is 0. The first-order valence-electron chi connectivity index (χ1n) is 7.24. The third-order valence-corrected chi connectivity index (χ3v) is 4.21. The molecule has 0 unspecified atom stereocenters. The SMILES string of the molecule is CCCCNCC1CCC(C(C)(C)C)CC1. The minimum absolute atomic E-state index is 0.528. The lowest BCUT2D eigenvalue weighted by molar-refractivity contribution is 0.149. The van der Waals surface area contributed by atoms with Crippen molar-refractivity contribution in [3.8, 4) is 0 Å². The van der Waals surface area contributed by atoms with E-state index in [1.807, 2.05) is 0 Å². The van der Waals surface area contributed by atoms with Crippen LogP contribution >= 0.6 is 0 Å². The molecular formula is C15H31N. The van der Waals surface area contributed by atoms with Crippen LogP contribution in [0.1, 0.15) is 66.2 Å². The highest BCUT2D eigenvalue weighted by Gasteiger charge is 2.29. The van der Waals surface area contributed by atoms with Crippen molar-refractivity contribution < 1.29 is 0 Å². The van der Waals surface area contributed by atoms with Crippen LogP contribution in [0.3, 0.4) is 0 Å². The van der Waals surface area contributed by atoms with Gasteiger partial charge in [-0.15, -0.1) is 0 Å². The largest absolute Gasteiger partial charge is 0.316 e. The van der Waals surface area contributed by atoms with Crippen molar-refractivity contribution in [2.24, 2.45) is 17.3 Å². The standard InChI is InChI=1S/C15H31N/c1-5-6-11-16-12-13-7-9-14(10-8-13)15(2,3)4/h13-14,16H,5-12H2,1-4H3. The minimum atomic E-state index is 0.528. The van der Waals surface area contributed by atoms with Gasteiger partial charge in [-0.05, 0) is 62.4 Å². The lowest BCUT2D eigenvalue weighted by Gasteiger charge is -2.37. The van der Waals surface area contributed by atoms with E-state index in [-0.39, 0.29) is 0 Å². The fourth-order valence-corrected chi connectivity index (χ4v) is 2.84. The van der Waals surface area contributed by atoms with Crippen molar-refractivity contribution in [3.05, 3.63) is 0 Å². The molecule has 0 saturated heterocycles. The number of nitrogens with one attached hydrogen (secondary N) is 1. The highest BCUT2D eigenvalue weighted by atomic mass is 14.9. The topological polar surface area (TPSA) is 12.0 Å². The zero-order valence-corrected chi connectivity index (χ0v) is 11.8. The van der Waals surface area contributed by atoms with Crippen molar-refractivity contribution in [1.29, 1.82) is 0 Å². The lowest BCUT2D eigenvalue weighted by Crippen LogP contribution is -2.31. The smallest absolute Gasteiger partial charge is 0.00205 e. The van der Waals surface area contributed by atoms with E-state index in [2.05, 4.69) is 33.0 Å². The fraction of sp³-hybridized carbons (Fsp3) is 1.00. The summed E-state index contributed by atoms with van der Waals surface area (Å²) in [6.07, 6.45) is 8.43. The normalized spacial score (nSPS) is 27.0. The molecule has 1 heteroatoms. The number of hydrogen-bond donors (Lipinski definition) is 1. The molecule has 1 rings (SSSR count). The molecule has 16 heavy (non-hydrogen) atoms. The van der Waals surface area contributed by atoms with E-state index in [0.717, 1.165) is 11.8 Å². The van der Waals surface area contributed by atoms with Crippen LogP contribution in [-0.2, 0) is 0 Å². The van der Waals surface area contributed by atoms with E-state index in [0.29, 0.717) is 5.41 Å². The minimum Gasteiger partial charge on any atom is -0.316 e. The maximum absolute atomic E-state index is 3.61. The molecule has 0 aliphatic heterocycles. The van der Waals surface area contributed by atoms with Gasteiger partial charge in [0, 0.05) is 0 Å². The van der Waals surface area contributed by atoms with Crippen LogP contribution in [-0.4, -0.2) is 13.1 Å². The number of hydrogen-bond acceptors (Lipinski definition) is 1. The summed E-state index contributed by atoms with van der Waals surface area (Å²) in [5.41, 5.74) is 0.528. The van der Waals surface area contributed by atoms with E-state index in [1.165, 1.54) is 51.6 Å². The van der Waals surface area contributed by atoms with Crippen molar-refractivity contribution in [2.45, 2.75) is 66.2 Å². The average Bonchev–Trinajstić information content (AvgIpc) is 2.24. The second kappa shape index (κ2) is 6.64. The molecule has 0 aromatic heterocycles. The quantitative estimate of drug-likeness (QED) is 0.691. The van der Waals surface area contributed by atoms with E-state index < -0.39 is 0 Å². The second-order valence-electron chi connectivity index (χ2n) is 6.64. The first kappa shape index (κ1) is 14.0. The fourth-order valence-electron chi connectivity index (χ4n) is 2.84. The molecular weight excluding hydrogens is 194 g/mol. The molecule has 1 aliphatic carbocycles. The molecule has 0 amide bonds. The van der Waals surface area contributed by atoms with Gasteiger partial charge in [-0.2, -0.15) is 0 Å². The zero-order valence-electron chi connectivity index (χ0n) is 11.8. The van der Waals surface area contributed by atoms with Gasteiger partial charge in [0.05, 0.1) is 0 Å². The molecule has 1 N–H and O–H groups in total. The van der Waals surface area contributed by atoms with Crippen molar-refractivity contribution in [1.82, 2.24) is 5.32 Å². The van der Waals surface area contributed by atoms with Gasteiger partial charge in [-0.1, -0.05) is 34.1 Å². The number of unbranched alkanes of at least 4 members (excludes halogenated alkanes) is 1. The molecule has 0 bridgehead atoms. The van der Waals surface area contributed by atoms with Gasteiger partial charge in [-0.25, -0.2) is 0 Å². The Bertz CT molecular complexity index is 172. The molecule has 0 aromatic rings. The van der Waals surface area contributed by atoms with E-state index in [1.54, 1.807) is 0 Å². The predicted molar refractivity (Wildman–Crippen MR) is 72.7 cm³/mol. The van der Waals surface area contributed by atoms with Gasteiger partial charge in [0.15, 0.2) is 0 Å². The van der Waals surface area contributed by atoms with Gasteiger partial charge in [0.2, 0.25) is 0 Å². The van der Waals surface area contributed by atoms with Gasteiger partial charge >= 0.3 is 0 Å². The van der Waals surface area contributed by atoms with E-state index in [4.69, 9.17) is 0 Å². The van der Waals surface area contributed by atoms with Gasteiger partial charge < -0.3 is 5.32 Å². The van der Waals surface area contributed by atoms with Crippen LogP contribution in [0.15, 0.2) is 0 Å². The van der Waals surface area contributed by atoms with Crippen LogP contribution in [0.25, 0.3) is 0 Å². The van der Waals surface area contributed by atoms with E-state index in [9.17, 15) is 0 Å². The average molecular weight is 225 g/mol. The molecule has 0 aromatic carbocycles. The Kier molecular flexibility index (Phi) is 5.82. The summed E-state index contributed by atoms with van der Waals surface area (Å²) in [4.78, 5) is 0. The van der Waals surface area contributed by atoms with E-state index >= 15 is 0 Å². The Labute approximate surface area is 102 Å². The van der Waals surface area contributed by atoms with Crippen LogP contribution in [0, 0.1) is 17.3 Å². The van der Waals surface area contributed by atoms with Crippen molar-refractivity contribution >= 4 is 0 Å². The molecule has 0 spiro atoms. The molecule has 1 aliphatic rings. The third-order valence-electron chi connectivity index (χ3n) is 4.21. The summed E-state index contributed by atoms with van der Waals surface area (Å²) in [5, 5.41) is 3.61. The van der Waals surface area contributed by atoms with Crippen LogP contribution < -0.4 is 5.32 Å². The molecule has 1 nitrogen and oxygen atoms in total. The molecule has 1 fully saturated rings. The summed E-state index contributed by atoms with van der Waals surface area (Å²) >= 11 is 0. The Morgan fingerprint density at radius 3 is 2.19 bits per heavy atom. The zero-order chi connectivity index (χ0) is 12.0. The van der Waals surface area contributed by atoms with Gasteiger partial charge in [0.1, 0.15) is 0 Å². The summed E-state index contributed by atoms with van der Waals surface area (Å²) in [5.74, 6) is 1.91. The maximum Gasteiger partial charge on any atom is -0.00205 e. The summed E-state index contributed by atoms with van der Waals surface area (Å²) in [7, 11) is 0. The Balaban J connectivity index is 2.12. The first-order chi connectivity index (χ1) is 7.54. The predicted octanol–water partition coefficient (Wildman–Crippen LogP) is 4.23. The summed E-state index contributed by atoms with van der Waals surface area (Å²) in [6.45, 7) is 11.9. The number of rotatable bonds is 5. The Hall–Kier alpha value is -0.0400. The molecule has 0 radical (unpaired) electrons. The molecule has 1 saturated carbocycles. The van der Waals surface area contributed by atoms with Crippen LogP contribution in [0.4, 0.5) is 0 Å². The lowest BCUT2D eigenvalue weighted by atomic mass is 9.70.